The quantitative estimate of drug-likeness (QED) is 0.480. The molecule has 1 unspecified atom stereocenters. The number of hydrogen-bond donors (Lipinski definition) is 0. The van der Waals surface area contributed by atoms with Crippen LogP contribution >= 0.6 is 15.9 Å². The van der Waals surface area contributed by atoms with E-state index in [2.05, 4.69) is 15.9 Å². The van der Waals surface area contributed by atoms with E-state index in [0.29, 0.717) is 11.3 Å². The minimum atomic E-state index is -0.662. The van der Waals surface area contributed by atoms with Crippen molar-refractivity contribution in [2.45, 2.75) is 11.2 Å². The highest BCUT2D eigenvalue weighted by molar-refractivity contribution is 9.09. The summed E-state index contributed by atoms with van der Waals surface area (Å²) in [5.41, 5.74) is 0.294. The summed E-state index contributed by atoms with van der Waals surface area (Å²) in [5.74, 6) is -1.37. The molecule has 1 aromatic carbocycles. The number of nitro groups is 1. The molecule has 0 bridgehead atoms. The summed E-state index contributed by atoms with van der Waals surface area (Å²) in [6.07, 6.45) is 0.191. The number of hydrogen-bond acceptors (Lipinski definition) is 3. The molecule has 2 rings (SSSR count). The Bertz CT molecular complexity index is 615. The Hall–Kier alpha value is -1.76. The third-order valence-electron chi connectivity index (χ3n) is 2.52. The summed E-state index contributed by atoms with van der Waals surface area (Å²) in [7, 11) is 0. The summed E-state index contributed by atoms with van der Waals surface area (Å²) >= 11 is 3.26. The lowest BCUT2D eigenvalue weighted by Crippen LogP contribution is -1.97. The van der Waals surface area contributed by atoms with Gasteiger partial charge in [0.15, 0.2) is 0 Å². The van der Waals surface area contributed by atoms with E-state index in [9.17, 15) is 18.9 Å². The van der Waals surface area contributed by atoms with Crippen molar-refractivity contribution in [3.05, 3.63) is 63.4 Å². The lowest BCUT2D eigenvalue weighted by Gasteiger charge is -2.07. The molecular formula is C12H8BrF2NO3. The zero-order chi connectivity index (χ0) is 14.0. The molecule has 19 heavy (non-hydrogen) atoms. The van der Waals surface area contributed by atoms with Gasteiger partial charge >= 0.3 is 5.88 Å². The van der Waals surface area contributed by atoms with E-state index >= 15 is 0 Å². The summed E-state index contributed by atoms with van der Waals surface area (Å²) in [6, 6.07) is 5.95. The molecule has 0 aliphatic heterocycles. The fourth-order valence-corrected chi connectivity index (χ4v) is 2.18. The van der Waals surface area contributed by atoms with Gasteiger partial charge in [-0.05, 0) is 24.1 Å². The molecule has 0 saturated heterocycles. The van der Waals surface area contributed by atoms with Crippen LogP contribution in [0.15, 0.2) is 34.7 Å². The predicted octanol–water partition coefficient (Wildman–Crippen LogP) is 4.14. The Labute approximate surface area is 115 Å². The van der Waals surface area contributed by atoms with Crippen LogP contribution in [0.5, 0.6) is 0 Å². The molecule has 0 saturated carbocycles. The maximum Gasteiger partial charge on any atom is 0.433 e. The molecule has 0 N–H and O–H groups in total. The van der Waals surface area contributed by atoms with Gasteiger partial charge in [0.2, 0.25) is 0 Å². The normalized spacial score (nSPS) is 12.4. The third kappa shape index (κ3) is 3.17. The zero-order valence-corrected chi connectivity index (χ0v) is 11.1. The van der Waals surface area contributed by atoms with Gasteiger partial charge in [-0.25, -0.2) is 8.78 Å². The Balaban J connectivity index is 2.15. The highest BCUT2D eigenvalue weighted by Crippen LogP contribution is 2.31. The van der Waals surface area contributed by atoms with Crippen LogP contribution < -0.4 is 0 Å². The number of halogens is 3. The molecule has 0 aliphatic rings. The van der Waals surface area contributed by atoms with Gasteiger partial charge in [-0.3, -0.25) is 10.1 Å². The van der Waals surface area contributed by atoms with Gasteiger partial charge < -0.3 is 4.42 Å². The Morgan fingerprint density at radius 3 is 2.63 bits per heavy atom. The molecule has 0 radical (unpaired) electrons. The standard InChI is InChI=1S/C12H8BrF2NO3/c13-9(11-3-4-12(19-11)16(17)18)5-7-1-2-8(14)6-10(7)15/h1-4,6,9H,5H2. The molecule has 2 aromatic rings. The van der Waals surface area contributed by atoms with Crippen LogP contribution in [0.2, 0.25) is 0 Å². The van der Waals surface area contributed by atoms with E-state index in [1.54, 1.807) is 0 Å². The van der Waals surface area contributed by atoms with E-state index in [4.69, 9.17) is 4.42 Å². The second kappa shape index (κ2) is 5.48. The minimum absolute atomic E-state index is 0.191. The van der Waals surface area contributed by atoms with Crippen LogP contribution in [-0.2, 0) is 6.42 Å². The largest absolute Gasteiger partial charge is 0.433 e. The zero-order valence-electron chi connectivity index (χ0n) is 9.48. The monoisotopic (exact) mass is 331 g/mol. The van der Waals surface area contributed by atoms with Crippen LogP contribution in [0, 0.1) is 21.7 Å². The fourth-order valence-electron chi connectivity index (χ4n) is 1.59. The smallest absolute Gasteiger partial charge is 0.405 e. The highest BCUT2D eigenvalue weighted by Gasteiger charge is 2.19. The predicted molar refractivity (Wildman–Crippen MR) is 67.1 cm³/mol. The Kier molecular flexibility index (Phi) is 3.94. The topological polar surface area (TPSA) is 56.3 Å². The van der Waals surface area contributed by atoms with Gasteiger partial charge in [0.05, 0.1) is 10.9 Å². The molecular weight excluding hydrogens is 324 g/mol. The van der Waals surface area contributed by atoms with Gasteiger partial charge in [-0.1, -0.05) is 22.0 Å². The van der Waals surface area contributed by atoms with E-state index in [-0.39, 0.29) is 12.3 Å². The maximum atomic E-state index is 13.5. The van der Waals surface area contributed by atoms with Gasteiger partial charge in [-0.15, -0.1) is 0 Å². The Morgan fingerprint density at radius 2 is 2.05 bits per heavy atom. The van der Waals surface area contributed by atoms with Crippen molar-refractivity contribution >= 4 is 21.8 Å². The van der Waals surface area contributed by atoms with Crippen LogP contribution in [0.3, 0.4) is 0 Å². The van der Waals surface area contributed by atoms with Gasteiger partial charge in [0.25, 0.3) is 0 Å². The van der Waals surface area contributed by atoms with Crippen LogP contribution in [0.1, 0.15) is 16.2 Å². The van der Waals surface area contributed by atoms with E-state index in [0.717, 1.165) is 12.1 Å². The molecule has 0 aliphatic carbocycles. The number of furan rings is 1. The number of nitrogens with zero attached hydrogens (tertiary/aromatic N) is 1. The molecule has 1 atom stereocenters. The fraction of sp³-hybridized carbons (Fsp3) is 0.167. The van der Waals surface area contributed by atoms with Crippen LogP contribution in [-0.4, -0.2) is 4.92 Å². The lowest BCUT2D eigenvalue weighted by molar-refractivity contribution is -0.402. The van der Waals surface area contributed by atoms with Crippen molar-refractivity contribution in [2.75, 3.05) is 0 Å². The van der Waals surface area contributed by atoms with E-state index in [1.165, 1.54) is 18.2 Å². The first-order valence-corrected chi connectivity index (χ1v) is 6.21. The number of rotatable bonds is 4. The van der Waals surface area contributed by atoms with Crippen molar-refractivity contribution in [1.82, 2.24) is 0 Å². The van der Waals surface area contributed by atoms with Crippen LogP contribution in [0.4, 0.5) is 14.7 Å². The highest BCUT2D eigenvalue weighted by atomic mass is 79.9. The summed E-state index contributed by atoms with van der Waals surface area (Å²) in [6.45, 7) is 0. The SMILES string of the molecule is O=[N+]([O-])c1ccc(C(Br)Cc2ccc(F)cc2F)o1. The molecule has 1 heterocycles. The van der Waals surface area contributed by atoms with Crippen molar-refractivity contribution < 1.29 is 18.1 Å². The summed E-state index contributed by atoms with van der Waals surface area (Å²) in [5, 5.41) is 10.5. The number of alkyl halides is 1. The maximum absolute atomic E-state index is 13.5. The minimum Gasteiger partial charge on any atom is -0.405 e. The first kappa shape index (κ1) is 13.7. The second-order valence-electron chi connectivity index (χ2n) is 3.84. The average molecular weight is 332 g/mol. The van der Waals surface area contributed by atoms with Crippen molar-refractivity contribution in [1.29, 1.82) is 0 Å². The van der Waals surface area contributed by atoms with Crippen LogP contribution in [0.25, 0.3) is 0 Å². The van der Waals surface area contributed by atoms with Gasteiger partial charge in [0, 0.05) is 6.07 Å². The molecule has 0 spiro atoms. The first-order valence-electron chi connectivity index (χ1n) is 5.29. The van der Waals surface area contributed by atoms with E-state index < -0.39 is 21.4 Å². The lowest BCUT2D eigenvalue weighted by atomic mass is 10.1. The average Bonchev–Trinajstić information content (AvgIpc) is 2.82. The molecule has 0 fully saturated rings. The van der Waals surface area contributed by atoms with Gasteiger partial charge in [-0.2, -0.15) is 0 Å². The Morgan fingerprint density at radius 1 is 1.32 bits per heavy atom. The second-order valence-corrected chi connectivity index (χ2v) is 4.95. The number of benzene rings is 1. The van der Waals surface area contributed by atoms with Gasteiger partial charge in [0.1, 0.15) is 22.3 Å². The molecule has 4 nitrogen and oxygen atoms in total. The van der Waals surface area contributed by atoms with Crippen molar-refractivity contribution in [3.63, 3.8) is 0 Å². The van der Waals surface area contributed by atoms with Crippen molar-refractivity contribution in [2.24, 2.45) is 0 Å². The molecule has 7 heteroatoms. The van der Waals surface area contributed by atoms with Crippen molar-refractivity contribution in [3.8, 4) is 0 Å². The summed E-state index contributed by atoms with van der Waals surface area (Å²) in [4.78, 5) is 9.40. The molecule has 1 aromatic heterocycles. The summed E-state index contributed by atoms with van der Waals surface area (Å²) < 4.78 is 31.2. The molecule has 100 valence electrons. The third-order valence-corrected chi connectivity index (χ3v) is 3.29. The van der Waals surface area contributed by atoms with E-state index in [1.807, 2.05) is 0 Å². The molecule has 0 amide bonds. The first-order chi connectivity index (χ1) is 8.97.